The molecule has 0 bridgehead atoms. The van der Waals surface area contributed by atoms with Crippen molar-refractivity contribution in [2.45, 2.75) is 32.4 Å². The van der Waals surface area contributed by atoms with E-state index in [-0.39, 0.29) is 12.1 Å². The third-order valence-electron chi connectivity index (χ3n) is 1.42. The Labute approximate surface area is 61.2 Å². The number of hydrogen-bond acceptors (Lipinski definition) is 2. The molecule has 5 heteroatoms. The Balaban J connectivity index is 2.69. The van der Waals surface area contributed by atoms with Crippen molar-refractivity contribution < 1.29 is 8.42 Å². The van der Waals surface area contributed by atoms with Gasteiger partial charge >= 0.3 is 0 Å². The Hall–Kier alpha value is -0.130. The Kier molecular flexibility index (Phi) is 1.98. The van der Waals surface area contributed by atoms with Crippen LogP contribution in [0.1, 0.15) is 20.3 Å². The molecule has 2 unspecified atom stereocenters. The molecular formula is C5H12N2O2S. The molecule has 0 saturated carbocycles. The van der Waals surface area contributed by atoms with E-state index in [2.05, 4.69) is 9.44 Å². The molecule has 60 valence electrons. The minimum absolute atomic E-state index is 0.0567. The van der Waals surface area contributed by atoms with E-state index in [0.717, 1.165) is 6.42 Å². The maximum Gasteiger partial charge on any atom is 0.277 e. The van der Waals surface area contributed by atoms with E-state index < -0.39 is 10.2 Å². The van der Waals surface area contributed by atoms with Crippen molar-refractivity contribution in [2.24, 2.45) is 0 Å². The van der Waals surface area contributed by atoms with Gasteiger partial charge in [0.15, 0.2) is 0 Å². The lowest BCUT2D eigenvalue weighted by Crippen LogP contribution is -2.52. The summed E-state index contributed by atoms with van der Waals surface area (Å²) in [5.74, 6) is 0. The van der Waals surface area contributed by atoms with Gasteiger partial charge in [-0.15, -0.1) is 0 Å². The molecule has 1 saturated heterocycles. The Morgan fingerprint density at radius 3 is 1.90 bits per heavy atom. The summed E-state index contributed by atoms with van der Waals surface area (Å²) in [5, 5.41) is 0. The van der Waals surface area contributed by atoms with Crippen LogP contribution in [-0.4, -0.2) is 20.5 Å². The zero-order valence-corrected chi connectivity index (χ0v) is 6.90. The molecule has 2 atom stereocenters. The van der Waals surface area contributed by atoms with Crippen molar-refractivity contribution in [1.29, 1.82) is 0 Å². The van der Waals surface area contributed by atoms with Crippen molar-refractivity contribution in [3.8, 4) is 0 Å². The molecule has 10 heavy (non-hydrogen) atoms. The van der Waals surface area contributed by atoms with Crippen molar-refractivity contribution in [3.63, 3.8) is 0 Å². The van der Waals surface area contributed by atoms with E-state index in [1.165, 1.54) is 0 Å². The van der Waals surface area contributed by atoms with E-state index in [0.29, 0.717) is 0 Å². The molecule has 1 heterocycles. The van der Waals surface area contributed by atoms with Gasteiger partial charge in [-0.3, -0.25) is 0 Å². The summed E-state index contributed by atoms with van der Waals surface area (Å²) in [5.41, 5.74) is 0. The standard InChI is InChI=1S/C5H12N2O2S/c1-4-3-5(2)7-10(8,9)6-4/h4-7H,3H2,1-2H3. The predicted molar refractivity (Wildman–Crippen MR) is 38.7 cm³/mol. The second kappa shape index (κ2) is 2.48. The van der Waals surface area contributed by atoms with Crippen molar-refractivity contribution in [3.05, 3.63) is 0 Å². The van der Waals surface area contributed by atoms with Gasteiger partial charge in [-0.2, -0.15) is 17.9 Å². The maximum atomic E-state index is 10.8. The van der Waals surface area contributed by atoms with Crippen molar-refractivity contribution in [2.75, 3.05) is 0 Å². The van der Waals surface area contributed by atoms with Crippen LogP contribution in [0.2, 0.25) is 0 Å². The fourth-order valence-corrected chi connectivity index (χ4v) is 2.51. The highest BCUT2D eigenvalue weighted by Gasteiger charge is 2.24. The second-order valence-electron chi connectivity index (χ2n) is 2.78. The lowest BCUT2D eigenvalue weighted by atomic mass is 10.1. The molecule has 0 radical (unpaired) electrons. The fourth-order valence-electron chi connectivity index (χ4n) is 1.19. The van der Waals surface area contributed by atoms with Crippen molar-refractivity contribution in [1.82, 2.24) is 9.44 Å². The predicted octanol–water partition coefficient (Wildman–Crippen LogP) is -0.409. The van der Waals surface area contributed by atoms with Crippen LogP contribution in [0.3, 0.4) is 0 Å². The molecule has 4 nitrogen and oxygen atoms in total. The van der Waals surface area contributed by atoms with Gasteiger partial charge in [-0.25, -0.2) is 0 Å². The van der Waals surface area contributed by atoms with E-state index in [4.69, 9.17) is 0 Å². The third-order valence-corrected chi connectivity index (χ3v) is 2.85. The van der Waals surface area contributed by atoms with E-state index in [1.807, 2.05) is 13.8 Å². The van der Waals surface area contributed by atoms with Crippen LogP contribution in [0, 0.1) is 0 Å². The molecule has 1 aliphatic heterocycles. The van der Waals surface area contributed by atoms with E-state index >= 15 is 0 Å². The minimum Gasteiger partial charge on any atom is -0.199 e. The highest BCUT2D eigenvalue weighted by Crippen LogP contribution is 2.04. The van der Waals surface area contributed by atoms with Crippen LogP contribution in [0.5, 0.6) is 0 Å². The Morgan fingerprint density at radius 1 is 1.20 bits per heavy atom. The lowest BCUT2D eigenvalue weighted by Gasteiger charge is -2.25. The molecule has 1 fully saturated rings. The average Bonchev–Trinajstić information content (AvgIpc) is 1.54. The molecule has 1 rings (SSSR count). The monoisotopic (exact) mass is 164 g/mol. The van der Waals surface area contributed by atoms with E-state index in [9.17, 15) is 8.42 Å². The zero-order valence-electron chi connectivity index (χ0n) is 6.09. The maximum absolute atomic E-state index is 10.8. The van der Waals surface area contributed by atoms with Crippen LogP contribution >= 0.6 is 0 Å². The van der Waals surface area contributed by atoms with Gasteiger partial charge in [-0.05, 0) is 20.3 Å². The summed E-state index contributed by atoms with van der Waals surface area (Å²) in [6.45, 7) is 3.71. The Morgan fingerprint density at radius 2 is 1.60 bits per heavy atom. The summed E-state index contributed by atoms with van der Waals surface area (Å²) in [6, 6.07) is 0.113. The summed E-state index contributed by atoms with van der Waals surface area (Å²) in [7, 11) is -3.18. The molecule has 0 amide bonds. The second-order valence-corrected chi connectivity index (χ2v) is 4.26. The summed E-state index contributed by atoms with van der Waals surface area (Å²) in [6.07, 6.45) is 0.846. The summed E-state index contributed by atoms with van der Waals surface area (Å²) < 4.78 is 26.6. The first kappa shape index (κ1) is 7.97. The molecule has 0 spiro atoms. The van der Waals surface area contributed by atoms with Gasteiger partial charge in [-0.1, -0.05) is 0 Å². The van der Waals surface area contributed by atoms with Crippen LogP contribution in [0.25, 0.3) is 0 Å². The van der Waals surface area contributed by atoms with Gasteiger partial charge < -0.3 is 0 Å². The number of hydrogen-bond donors (Lipinski definition) is 2. The highest BCUT2D eigenvalue weighted by atomic mass is 32.2. The van der Waals surface area contributed by atoms with Crippen LogP contribution in [-0.2, 0) is 10.2 Å². The van der Waals surface area contributed by atoms with Crippen LogP contribution in [0.4, 0.5) is 0 Å². The van der Waals surface area contributed by atoms with Gasteiger partial charge in [0.25, 0.3) is 10.2 Å². The first-order valence-electron chi connectivity index (χ1n) is 3.29. The van der Waals surface area contributed by atoms with Gasteiger partial charge in [0.05, 0.1) is 0 Å². The normalized spacial score (nSPS) is 39.4. The summed E-state index contributed by atoms with van der Waals surface area (Å²) >= 11 is 0. The average molecular weight is 164 g/mol. The molecule has 0 aromatic rings. The molecule has 1 aliphatic rings. The minimum atomic E-state index is -3.18. The molecule has 0 aromatic heterocycles. The number of rotatable bonds is 0. The molecular weight excluding hydrogens is 152 g/mol. The molecule has 2 N–H and O–H groups in total. The van der Waals surface area contributed by atoms with Crippen molar-refractivity contribution >= 4 is 10.2 Å². The Bertz CT molecular complexity index is 196. The quantitative estimate of drug-likeness (QED) is 0.511. The SMILES string of the molecule is CC1CC(C)NS(=O)(=O)N1. The summed E-state index contributed by atoms with van der Waals surface area (Å²) in [4.78, 5) is 0. The van der Waals surface area contributed by atoms with Gasteiger partial charge in [0, 0.05) is 12.1 Å². The molecule has 0 aliphatic carbocycles. The van der Waals surface area contributed by atoms with Gasteiger partial charge in [0.1, 0.15) is 0 Å². The van der Waals surface area contributed by atoms with E-state index in [1.54, 1.807) is 0 Å². The highest BCUT2D eigenvalue weighted by molar-refractivity contribution is 7.87. The molecule has 0 aromatic carbocycles. The topological polar surface area (TPSA) is 58.2 Å². The van der Waals surface area contributed by atoms with Crippen LogP contribution in [0.15, 0.2) is 0 Å². The smallest absolute Gasteiger partial charge is 0.199 e. The lowest BCUT2D eigenvalue weighted by molar-refractivity contribution is 0.449. The third kappa shape index (κ3) is 1.93. The fraction of sp³-hybridized carbons (Fsp3) is 1.00. The first-order valence-corrected chi connectivity index (χ1v) is 4.77. The zero-order chi connectivity index (χ0) is 7.78. The largest absolute Gasteiger partial charge is 0.277 e. The first-order chi connectivity index (χ1) is 4.49. The van der Waals surface area contributed by atoms with Gasteiger partial charge in [0.2, 0.25) is 0 Å². The number of nitrogens with one attached hydrogen (secondary N) is 2. The van der Waals surface area contributed by atoms with Crippen LogP contribution < -0.4 is 9.44 Å².